The first-order valence-electron chi connectivity index (χ1n) is 9.09. The lowest BCUT2D eigenvalue weighted by Gasteiger charge is -2.26. The van der Waals surface area contributed by atoms with Crippen molar-refractivity contribution in [1.29, 1.82) is 0 Å². The van der Waals surface area contributed by atoms with Gasteiger partial charge >= 0.3 is 0 Å². The third-order valence-corrected chi connectivity index (χ3v) is 6.56. The number of ether oxygens (including phenoxy) is 1. The number of hydrogen-bond acceptors (Lipinski definition) is 4. The normalized spacial score (nSPS) is 15.4. The van der Waals surface area contributed by atoms with E-state index in [-0.39, 0.29) is 17.2 Å². The molecule has 1 aliphatic rings. The highest BCUT2D eigenvalue weighted by Gasteiger charge is 2.26. The molecule has 1 amide bonds. The molecule has 0 saturated carbocycles. The van der Waals surface area contributed by atoms with Crippen LogP contribution in [0.1, 0.15) is 17.5 Å². The summed E-state index contributed by atoms with van der Waals surface area (Å²) in [5.41, 5.74) is 2.09. The SMILES string of the molecule is Cc1ccc(F)cc1NC(=O)CCc1ccc(S(=O)(=O)N2CCOCC2)cc1. The Balaban J connectivity index is 1.58. The first kappa shape index (κ1) is 20.4. The zero-order valence-electron chi connectivity index (χ0n) is 15.7. The maximum atomic E-state index is 13.3. The number of aryl methyl sites for hydroxylation is 2. The van der Waals surface area contributed by atoms with Crippen LogP contribution in [0.2, 0.25) is 0 Å². The Labute approximate surface area is 164 Å². The number of sulfonamides is 1. The zero-order chi connectivity index (χ0) is 20.1. The summed E-state index contributed by atoms with van der Waals surface area (Å²) in [6.45, 7) is 3.30. The number of anilines is 1. The molecular weight excluding hydrogens is 383 g/mol. The molecule has 1 aliphatic heterocycles. The molecule has 0 spiro atoms. The molecule has 150 valence electrons. The van der Waals surface area contributed by atoms with Crippen molar-refractivity contribution in [2.75, 3.05) is 31.6 Å². The summed E-state index contributed by atoms with van der Waals surface area (Å²) in [6, 6.07) is 10.8. The summed E-state index contributed by atoms with van der Waals surface area (Å²) < 4.78 is 45.1. The van der Waals surface area contributed by atoms with E-state index < -0.39 is 15.8 Å². The van der Waals surface area contributed by atoms with Crippen molar-refractivity contribution in [3.05, 3.63) is 59.4 Å². The van der Waals surface area contributed by atoms with Crippen LogP contribution in [0.15, 0.2) is 47.4 Å². The van der Waals surface area contributed by atoms with Crippen molar-refractivity contribution >= 4 is 21.6 Å². The molecule has 8 heteroatoms. The average Bonchev–Trinajstić information content (AvgIpc) is 2.70. The number of carbonyl (C=O) groups excluding carboxylic acids is 1. The lowest BCUT2D eigenvalue weighted by molar-refractivity contribution is -0.116. The van der Waals surface area contributed by atoms with E-state index in [1.165, 1.54) is 16.4 Å². The Kier molecular flexibility index (Phi) is 6.43. The summed E-state index contributed by atoms with van der Waals surface area (Å²) in [7, 11) is -3.52. The fourth-order valence-corrected chi connectivity index (χ4v) is 4.37. The molecule has 0 aliphatic carbocycles. The molecule has 3 rings (SSSR count). The Morgan fingerprint density at radius 2 is 1.82 bits per heavy atom. The lowest BCUT2D eigenvalue weighted by atomic mass is 10.1. The maximum Gasteiger partial charge on any atom is 0.243 e. The molecule has 2 aromatic rings. The molecule has 0 aromatic heterocycles. The molecule has 1 heterocycles. The van der Waals surface area contributed by atoms with Crippen LogP contribution >= 0.6 is 0 Å². The summed E-state index contributed by atoms with van der Waals surface area (Å²) in [5.74, 6) is -0.628. The predicted octanol–water partition coefficient (Wildman–Crippen LogP) is 2.73. The van der Waals surface area contributed by atoms with Crippen molar-refractivity contribution in [3.63, 3.8) is 0 Å². The minimum absolute atomic E-state index is 0.214. The lowest BCUT2D eigenvalue weighted by Crippen LogP contribution is -2.40. The first-order chi connectivity index (χ1) is 13.4. The second-order valence-electron chi connectivity index (χ2n) is 6.67. The average molecular weight is 406 g/mol. The van der Waals surface area contributed by atoms with E-state index in [1.54, 1.807) is 37.3 Å². The minimum Gasteiger partial charge on any atom is -0.379 e. The number of nitrogens with one attached hydrogen (secondary N) is 1. The quantitative estimate of drug-likeness (QED) is 0.800. The van der Waals surface area contributed by atoms with Crippen LogP contribution in [0.4, 0.5) is 10.1 Å². The van der Waals surface area contributed by atoms with Crippen LogP contribution in [0.25, 0.3) is 0 Å². The molecule has 1 N–H and O–H groups in total. The van der Waals surface area contributed by atoms with Crippen LogP contribution < -0.4 is 5.32 Å². The molecule has 0 atom stereocenters. The van der Waals surface area contributed by atoms with E-state index >= 15 is 0 Å². The second-order valence-corrected chi connectivity index (χ2v) is 8.61. The monoisotopic (exact) mass is 406 g/mol. The third-order valence-electron chi connectivity index (χ3n) is 4.65. The van der Waals surface area contributed by atoms with E-state index in [0.717, 1.165) is 11.1 Å². The zero-order valence-corrected chi connectivity index (χ0v) is 16.5. The highest BCUT2D eigenvalue weighted by atomic mass is 32.2. The molecule has 0 unspecified atom stereocenters. The number of carbonyl (C=O) groups is 1. The van der Waals surface area contributed by atoms with Gasteiger partial charge in [0.1, 0.15) is 5.82 Å². The van der Waals surface area contributed by atoms with Crippen LogP contribution in [0.3, 0.4) is 0 Å². The van der Waals surface area contributed by atoms with E-state index in [2.05, 4.69) is 5.32 Å². The van der Waals surface area contributed by atoms with Gasteiger partial charge in [0.05, 0.1) is 18.1 Å². The van der Waals surface area contributed by atoms with E-state index in [9.17, 15) is 17.6 Å². The number of amides is 1. The molecule has 1 saturated heterocycles. The second kappa shape index (κ2) is 8.81. The van der Waals surface area contributed by atoms with Crippen LogP contribution in [0, 0.1) is 12.7 Å². The van der Waals surface area contributed by atoms with Gasteiger partial charge in [-0.3, -0.25) is 4.79 Å². The number of nitrogens with zero attached hydrogens (tertiary/aromatic N) is 1. The highest BCUT2D eigenvalue weighted by molar-refractivity contribution is 7.89. The van der Waals surface area contributed by atoms with Crippen molar-refractivity contribution in [2.45, 2.75) is 24.7 Å². The van der Waals surface area contributed by atoms with Gasteiger partial charge in [0.25, 0.3) is 0 Å². The fourth-order valence-electron chi connectivity index (χ4n) is 2.96. The summed E-state index contributed by atoms with van der Waals surface area (Å²) >= 11 is 0. The summed E-state index contributed by atoms with van der Waals surface area (Å²) in [5, 5.41) is 2.71. The maximum absolute atomic E-state index is 13.3. The molecule has 28 heavy (non-hydrogen) atoms. The number of rotatable bonds is 6. The van der Waals surface area contributed by atoms with Gasteiger partial charge in [-0.1, -0.05) is 18.2 Å². The smallest absolute Gasteiger partial charge is 0.243 e. The Morgan fingerprint density at radius 3 is 2.50 bits per heavy atom. The number of morpholine rings is 1. The largest absolute Gasteiger partial charge is 0.379 e. The van der Waals surface area contributed by atoms with E-state index in [0.29, 0.717) is 38.4 Å². The Hall–Kier alpha value is -2.29. The Morgan fingerprint density at radius 1 is 1.14 bits per heavy atom. The van der Waals surface area contributed by atoms with Gasteiger partial charge in [-0.05, 0) is 48.7 Å². The number of hydrogen-bond donors (Lipinski definition) is 1. The van der Waals surface area contributed by atoms with Crippen molar-refractivity contribution in [2.24, 2.45) is 0 Å². The van der Waals surface area contributed by atoms with Gasteiger partial charge in [0, 0.05) is 25.2 Å². The predicted molar refractivity (Wildman–Crippen MR) is 104 cm³/mol. The summed E-state index contributed by atoms with van der Waals surface area (Å²) in [4.78, 5) is 12.4. The molecule has 6 nitrogen and oxygen atoms in total. The van der Waals surface area contributed by atoms with Gasteiger partial charge in [0.15, 0.2) is 0 Å². The van der Waals surface area contributed by atoms with E-state index in [1.807, 2.05) is 0 Å². The van der Waals surface area contributed by atoms with Crippen molar-refractivity contribution in [1.82, 2.24) is 4.31 Å². The van der Waals surface area contributed by atoms with Gasteiger partial charge < -0.3 is 10.1 Å². The molecule has 0 radical (unpaired) electrons. The first-order valence-corrected chi connectivity index (χ1v) is 10.5. The minimum atomic E-state index is -3.52. The van der Waals surface area contributed by atoms with Crippen molar-refractivity contribution < 1.29 is 22.3 Å². The Bertz CT molecular complexity index is 939. The molecule has 0 bridgehead atoms. The fraction of sp³-hybridized carbons (Fsp3) is 0.350. The van der Waals surface area contributed by atoms with Crippen LogP contribution in [0.5, 0.6) is 0 Å². The number of halogens is 1. The van der Waals surface area contributed by atoms with Gasteiger partial charge in [0.2, 0.25) is 15.9 Å². The summed E-state index contributed by atoms with van der Waals surface area (Å²) in [6.07, 6.45) is 0.670. The standard InChI is InChI=1S/C20H23FN2O4S/c1-15-2-6-17(21)14-19(15)22-20(24)9-5-16-3-7-18(8-4-16)28(25,26)23-10-12-27-13-11-23/h2-4,6-8,14H,5,9-13H2,1H3,(H,22,24). The van der Waals surface area contributed by atoms with Crippen molar-refractivity contribution in [3.8, 4) is 0 Å². The molecule has 1 fully saturated rings. The highest BCUT2D eigenvalue weighted by Crippen LogP contribution is 2.19. The van der Waals surface area contributed by atoms with Crippen LogP contribution in [-0.4, -0.2) is 44.9 Å². The third kappa shape index (κ3) is 4.95. The van der Waals surface area contributed by atoms with Gasteiger partial charge in [-0.25, -0.2) is 12.8 Å². The van der Waals surface area contributed by atoms with Gasteiger partial charge in [-0.2, -0.15) is 4.31 Å². The van der Waals surface area contributed by atoms with Gasteiger partial charge in [-0.15, -0.1) is 0 Å². The molecule has 2 aromatic carbocycles. The molecular formula is C20H23FN2O4S. The van der Waals surface area contributed by atoms with Crippen LogP contribution in [-0.2, 0) is 26.0 Å². The number of benzene rings is 2. The van der Waals surface area contributed by atoms with E-state index in [4.69, 9.17) is 4.74 Å². The topological polar surface area (TPSA) is 75.7 Å².